The van der Waals surface area contributed by atoms with Crippen LogP contribution in [0.5, 0.6) is 5.75 Å². The number of hydrogen-bond acceptors (Lipinski definition) is 8. The second-order valence-corrected chi connectivity index (χ2v) is 15.8. The Hall–Kier alpha value is -2.69. The average molecular weight is 664 g/mol. The molecule has 9 heteroatoms. The Labute approximate surface area is 289 Å². The van der Waals surface area contributed by atoms with Gasteiger partial charge in [-0.25, -0.2) is 0 Å². The van der Waals surface area contributed by atoms with Crippen molar-refractivity contribution in [1.29, 1.82) is 0 Å². The third kappa shape index (κ3) is 7.41. The number of carbonyl (C=O) groups is 1. The van der Waals surface area contributed by atoms with Gasteiger partial charge in [-0.1, -0.05) is 45.0 Å². The van der Waals surface area contributed by atoms with Gasteiger partial charge in [0.1, 0.15) is 11.8 Å². The molecule has 2 aromatic carbocycles. The summed E-state index contributed by atoms with van der Waals surface area (Å²) in [7, 11) is 10.1. The van der Waals surface area contributed by atoms with Crippen molar-refractivity contribution in [3.05, 3.63) is 47.5 Å². The number of benzene rings is 2. The van der Waals surface area contributed by atoms with Gasteiger partial charge in [0.05, 0.1) is 25.9 Å². The summed E-state index contributed by atoms with van der Waals surface area (Å²) >= 11 is 0. The molecule has 1 aliphatic heterocycles. The summed E-state index contributed by atoms with van der Waals surface area (Å²) in [5.41, 5.74) is 11.9. The fraction of sp³-hybridized carbons (Fsp3) is 0.667. The zero-order valence-corrected chi connectivity index (χ0v) is 30.8. The third-order valence-electron chi connectivity index (χ3n) is 11.9. The Morgan fingerprint density at radius 2 is 1.92 bits per heavy atom. The van der Waals surface area contributed by atoms with Crippen molar-refractivity contribution in [2.24, 2.45) is 34.8 Å². The summed E-state index contributed by atoms with van der Waals surface area (Å²) in [6.07, 6.45) is 4.26. The van der Waals surface area contributed by atoms with Crippen LogP contribution in [0.25, 0.3) is 11.1 Å². The number of methoxy groups -OCH3 is 1. The van der Waals surface area contributed by atoms with E-state index < -0.39 is 24.2 Å². The van der Waals surface area contributed by atoms with E-state index in [1.54, 1.807) is 19.1 Å². The minimum absolute atomic E-state index is 0.0967. The van der Waals surface area contributed by atoms with E-state index in [1.807, 2.05) is 12.1 Å². The molecule has 266 valence electrons. The topological polar surface area (TPSA) is 104 Å². The smallest absolute Gasteiger partial charge is 0.240 e. The van der Waals surface area contributed by atoms with Crippen molar-refractivity contribution in [3.63, 3.8) is 0 Å². The lowest BCUT2D eigenvalue weighted by Crippen LogP contribution is -2.62. The molecule has 3 saturated carbocycles. The highest BCUT2D eigenvalue weighted by atomic mass is 16.7. The van der Waals surface area contributed by atoms with Gasteiger partial charge in [0, 0.05) is 49.4 Å². The average Bonchev–Trinajstić information content (AvgIpc) is 3.42. The molecule has 4 fully saturated rings. The Balaban J connectivity index is 1.42. The Bertz CT molecular complexity index is 1410. The first-order valence-corrected chi connectivity index (χ1v) is 18.0. The van der Waals surface area contributed by atoms with Crippen LogP contribution in [-0.2, 0) is 22.6 Å². The lowest BCUT2D eigenvalue weighted by Gasteiger charge is -2.62. The summed E-state index contributed by atoms with van der Waals surface area (Å²) < 4.78 is 6.13. The van der Waals surface area contributed by atoms with Crippen molar-refractivity contribution in [2.75, 3.05) is 53.3 Å². The number of nitrogens with two attached hydrogens (primary N) is 1. The molecule has 4 aliphatic rings. The van der Waals surface area contributed by atoms with Gasteiger partial charge in [-0.3, -0.25) is 9.63 Å². The van der Waals surface area contributed by atoms with Crippen LogP contribution < -0.4 is 20.7 Å². The number of aliphatic hydroxyl groups excluding tert-OH is 1. The quantitative estimate of drug-likeness (QED) is 0.245. The first kappa shape index (κ1) is 36.6. The monoisotopic (exact) mass is 663 g/mol. The van der Waals surface area contributed by atoms with Crippen LogP contribution in [0.15, 0.2) is 36.4 Å². The molecule has 0 spiro atoms. The van der Waals surface area contributed by atoms with Crippen LogP contribution >= 0.6 is 0 Å². The van der Waals surface area contributed by atoms with Crippen molar-refractivity contribution in [2.45, 2.75) is 90.6 Å². The number of hydrogen-bond donors (Lipinski definition) is 3. The number of hydroxylamine groups is 2. The van der Waals surface area contributed by atoms with E-state index >= 15 is 0 Å². The number of unbranched alkanes of at least 4 members (excludes halogenated alkanes) is 1. The second-order valence-electron chi connectivity index (χ2n) is 15.8. The fourth-order valence-electron chi connectivity index (χ4n) is 8.86. The maximum Gasteiger partial charge on any atom is 0.240 e. The molecular weight excluding hydrogens is 602 g/mol. The first-order valence-electron chi connectivity index (χ1n) is 18.0. The molecule has 4 N–H and O–H groups in total. The maximum atomic E-state index is 14.2. The Morgan fingerprint density at radius 1 is 1.17 bits per heavy atom. The number of rotatable bonds is 14. The number of nitrogens with zero attached hydrogens (tertiary/aromatic N) is 3. The summed E-state index contributed by atoms with van der Waals surface area (Å²) in [4.78, 5) is 25.0. The summed E-state index contributed by atoms with van der Waals surface area (Å²) in [6, 6.07) is 12.4. The van der Waals surface area contributed by atoms with Crippen molar-refractivity contribution in [1.82, 2.24) is 15.3 Å². The van der Waals surface area contributed by atoms with Crippen molar-refractivity contribution >= 4 is 11.6 Å². The number of para-hydroxylation sites is 1. The standard InChI is InChI=1S/C39H61N5O4/c1-24-32-20-29(39(32,3)4)21-33(24)41-38(46)36-35(25(2)45)34(22-40)48-44(36)23-27-14-12-15-31(37(27)47-9)28-17-26(13-10-11-16-42(5)6)18-30(19-28)43(7)8/h12,14-15,17-19,24-25,29,32-36,45H,10-11,13,16,20-23,40H2,1-9H3,(H,41,46)/t24-,25-,29+,32-,33-,34-,35-,36-/m0/s1. The van der Waals surface area contributed by atoms with E-state index in [1.165, 1.54) is 12.0 Å². The summed E-state index contributed by atoms with van der Waals surface area (Å²) in [6.45, 7) is 10.4. The highest BCUT2D eigenvalue weighted by Gasteiger charge is 2.57. The van der Waals surface area contributed by atoms with Gasteiger partial charge >= 0.3 is 0 Å². The summed E-state index contributed by atoms with van der Waals surface area (Å²) in [5.74, 6) is 1.83. The zero-order valence-electron chi connectivity index (χ0n) is 30.8. The molecule has 0 unspecified atom stereocenters. The number of aliphatic hydroxyl groups is 1. The van der Waals surface area contributed by atoms with E-state index in [0.29, 0.717) is 29.7 Å². The van der Waals surface area contributed by atoms with Crippen LogP contribution in [0.1, 0.15) is 64.5 Å². The SMILES string of the molecule is COc1c(CN2O[C@@H](CN)[C@H]([C@H](C)O)[C@H]2C(=O)N[C@H]2C[C@H]3C[C@@H]([C@@H]2C)C3(C)C)cccc1-c1cc(CCCCN(C)C)cc(N(C)C)c1. The molecule has 3 aliphatic carbocycles. The van der Waals surface area contributed by atoms with Crippen LogP contribution in [0, 0.1) is 29.1 Å². The molecule has 6 rings (SSSR count). The molecule has 1 saturated heterocycles. The van der Waals surface area contributed by atoms with Gasteiger partial charge in [-0.15, -0.1) is 0 Å². The predicted molar refractivity (Wildman–Crippen MR) is 194 cm³/mol. The zero-order chi connectivity index (χ0) is 34.9. The number of anilines is 1. The Kier molecular flexibility index (Phi) is 11.5. The van der Waals surface area contributed by atoms with E-state index in [2.05, 4.69) is 88.3 Å². The van der Waals surface area contributed by atoms with Gasteiger partial charge in [-0.2, -0.15) is 5.06 Å². The molecular formula is C39H61N5O4. The van der Waals surface area contributed by atoms with Crippen LogP contribution in [0.2, 0.25) is 0 Å². The number of ether oxygens (including phenoxy) is 1. The van der Waals surface area contributed by atoms with Crippen LogP contribution in [-0.4, -0.2) is 93.7 Å². The molecule has 2 bridgehead atoms. The lowest BCUT2D eigenvalue weighted by molar-refractivity contribution is -0.175. The summed E-state index contributed by atoms with van der Waals surface area (Å²) in [5, 5.41) is 16.1. The first-order chi connectivity index (χ1) is 22.8. The van der Waals surface area contributed by atoms with Crippen LogP contribution in [0.3, 0.4) is 0 Å². The maximum absolute atomic E-state index is 14.2. The normalized spacial score (nSPS) is 28.6. The molecule has 1 heterocycles. The van der Waals surface area contributed by atoms with Gasteiger partial charge in [-0.05, 0) is 106 Å². The largest absolute Gasteiger partial charge is 0.496 e. The third-order valence-corrected chi connectivity index (χ3v) is 11.9. The molecule has 2 aromatic rings. The molecule has 48 heavy (non-hydrogen) atoms. The van der Waals surface area contributed by atoms with Gasteiger partial charge in [0.15, 0.2) is 0 Å². The van der Waals surface area contributed by atoms with Crippen molar-refractivity contribution in [3.8, 4) is 16.9 Å². The highest BCUT2D eigenvalue weighted by molar-refractivity contribution is 5.83. The van der Waals surface area contributed by atoms with E-state index in [0.717, 1.165) is 60.4 Å². The minimum Gasteiger partial charge on any atom is -0.496 e. The fourth-order valence-corrected chi connectivity index (χ4v) is 8.86. The van der Waals surface area contributed by atoms with Gasteiger partial charge in [0.2, 0.25) is 5.91 Å². The van der Waals surface area contributed by atoms with E-state index in [9.17, 15) is 9.90 Å². The second kappa shape index (κ2) is 15.1. The van der Waals surface area contributed by atoms with Gasteiger partial charge < -0.3 is 30.7 Å². The van der Waals surface area contributed by atoms with Gasteiger partial charge in [0.25, 0.3) is 0 Å². The number of nitrogens with one attached hydrogen (secondary N) is 1. The van der Waals surface area contributed by atoms with Crippen LogP contribution in [0.4, 0.5) is 5.69 Å². The molecule has 0 aromatic heterocycles. The number of fused-ring (bicyclic) bond motifs is 2. The highest BCUT2D eigenvalue weighted by Crippen LogP contribution is 2.61. The lowest BCUT2D eigenvalue weighted by atomic mass is 9.45. The number of aryl methyl sites for hydroxylation is 1. The van der Waals surface area contributed by atoms with Crippen molar-refractivity contribution < 1.29 is 19.5 Å². The molecule has 0 radical (unpaired) electrons. The number of carbonyl (C=O) groups excluding carboxylic acids is 1. The molecule has 8 atom stereocenters. The minimum atomic E-state index is -0.770. The van der Waals surface area contributed by atoms with E-state index in [-0.39, 0.29) is 18.5 Å². The predicted octanol–water partition coefficient (Wildman–Crippen LogP) is 4.94. The molecule has 1 amide bonds. The number of amides is 1. The van der Waals surface area contributed by atoms with E-state index in [4.69, 9.17) is 15.3 Å². The molecule has 9 nitrogen and oxygen atoms in total. The Morgan fingerprint density at radius 3 is 2.52 bits per heavy atom.